The number of carbonyl (C=O) groups is 8. The first kappa shape index (κ1) is 62.0. The zero-order chi connectivity index (χ0) is 60.9. The molecule has 3 N–H and O–H groups in total. The average Bonchev–Trinajstić information content (AvgIpc) is 2.31. The van der Waals surface area contributed by atoms with Crippen LogP contribution in [0.1, 0.15) is 134 Å². The molecular formula is C60H74ClF2N7O12. The lowest BCUT2D eigenvalue weighted by atomic mass is 9.94. The molecule has 4 fully saturated rings. The van der Waals surface area contributed by atoms with E-state index in [1.807, 2.05) is 13.8 Å². The van der Waals surface area contributed by atoms with Crippen LogP contribution in [0, 0.1) is 11.6 Å². The summed E-state index contributed by atoms with van der Waals surface area (Å²) in [4.78, 5) is 107. The highest BCUT2D eigenvalue weighted by Crippen LogP contribution is 2.48. The quantitative estimate of drug-likeness (QED) is 0.0856. The Bertz CT molecular complexity index is 3010. The van der Waals surface area contributed by atoms with Crippen molar-refractivity contribution in [2.24, 2.45) is 0 Å². The number of nitrogen functional groups attached to an aromatic ring is 1. The van der Waals surface area contributed by atoms with E-state index >= 15 is 0 Å². The van der Waals surface area contributed by atoms with Crippen molar-refractivity contribution >= 4 is 70.3 Å². The first-order valence-corrected chi connectivity index (χ1v) is 27.8. The number of nitrogens with one attached hydrogen (secondary N) is 1. The van der Waals surface area contributed by atoms with Gasteiger partial charge in [-0.15, -0.1) is 0 Å². The third kappa shape index (κ3) is 13.6. The molecule has 0 radical (unpaired) electrons. The molecule has 0 bridgehead atoms. The van der Waals surface area contributed by atoms with Gasteiger partial charge in [-0.25, -0.2) is 37.8 Å². The number of rotatable bonds is 10. The van der Waals surface area contributed by atoms with Gasteiger partial charge in [-0.1, -0.05) is 71.0 Å². The molecule has 4 aliphatic heterocycles. The molecule has 2 spiro atoms. The van der Waals surface area contributed by atoms with Gasteiger partial charge in [0.2, 0.25) is 23.0 Å². The van der Waals surface area contributed by atoms with E-state index in [0.717, 1.165) is 51.3 Å². The summed E-state index contributed by atoms with van der Waals surface area (Å²) in [5, 5.41) is 2.58. The Balaban J connectivity index is 0.000000215. The summed E-state index contributed by atoms with van der Waals surface area (Å²) in [6, 6.07) is 21.6. The van der Waals surface area contributed by atoms with E-state index < -0.39 is 53.3 Å². The number of likely N-dealkylation sites (tertiary alicyclic amines) is 2. The predicted molar refractivity (Wildman–Crippen MR) is 302 cm³/mol. The van der Waals surface area contributed by atoms with E-state index in [4.69, 9.17) is 16.6 Å². The molecule has 0 aromatic heterocycles. The number of carbonyl (C=O) groups excluding carboxylic acids is 8. The second-order valence-corrected chi connectivity index (χ2v) is 20.5. The van der Waals surface area contributed by atoms with Crippen LogP contribution in [0.5, 0.6) is 0 Å². The van der Waals surface area contributed by atoms with Crippen molar-refractivity contribution in [3.05, 3.63) is 130 Å². The topological polar surface area (TPSA) is 228 Å². The second kappa shape index (κ2) is 27.9. The van der Waals surface area contributed by atoms with E-state index in [1.165, 1.54) is 58.1 Å². The molecule has 442 valence electrons. The Labute approximate surface area is 483 Å². The minimum Gasteiger partial charge on any atom is -0.457 e. The van der Waals surface area contributed by atoms with E-state index in [9.17, 15) is 47.1 Å². The van der Waals surface area contributed by atoms with Gasteiger partial charge in [-0.2, -0.15) is 0 Å². The Hall–Kier alpha value is -7.65. The largest absolute Gasteiger partial charge is 0.457 e. The highest BCUT2D eigenvalue weighted by molar-refractivity contribution is 6.61. The maximum atomic E-state index is 13.5. The van der Waals surface area contributed by atoms with Crippen LogP contribution in [0.4, 0.5) is 39.3 Å². The van der Waals surface area contributed by atoms with Crippen LogP contribution < -0.4 is 11.1 Å². The molecular weight excluding hydrogens is 1080 g/mol. The molecule has 4 aromatic carbocycles. The van der Waals surface area contributed by atoms with Crippen molar-refractivity contribution in [3.63, 3.8) is 0 Å². The molecule has 4 aromatic rings. The van der Waals surface area contributed by atoms with E-state index in [0.29, 0.717) is 55.1 Å². The van der Waals surface area contributed by atoms with Crippen LogP contribution in [0.15, 0.2) is 84.9 Å². The number of fused-ring (bicyclic) bond motifs is 4. The van der Waals surface area contributed by atoms with Gasteiger partial charge in [0, 0.05) is 60.4 Å². The summed E-state index contributed by atoms with van der Waals surface area (Å²) in [7, 11) is 2.48. The van der Waals surface area contributed by atoms with Crippen molar-refractivity contribution < 1.29 is 67.5 Å². The number of hydrogen-bond acceptors (Lipinski definition) is 14. The summed E-state index contributed by atoms with van der Waals surface area (Å²) >= 11 is 4.60. The van der Waals surface area contributed by atoms with E-state index in [2.05, 4.69) is 52.1 Å². The van der Waals surface area contributed by atoms with Crippen molar-refractivity contribution in [2.45, 2.75) is 135 Å². The Morgan fingerprint density at radius 3 is 1.46 bits per heavy atom. The van der Waals surface area contributed by atoms with Gasteiger partial charge in [0.25, 0.3) is 11.8 Å². The number of aryl methyl sites for hydroxylation is 2. The highest BCUT2D eigenvalue weighted by Gasteiger charge is 2.60. The summed E-state index contributed by atoms with van der Waals surface area (Å²) in [5.74, 6) is -2.48. The fraction of sp³-hybridized carbons (Fsp3) is 0.467. The number of nitrogens with two attached hydrogens (primary N) is 1. The number of hydrogen-bond donors (Lipinski definition) is 2. The number of ether oxygens (including phenoxy) is 4. The Morgan fingerprint density at radius 1 is 0.683 bits per heavy atom. The third-order valence-electron chi connectivity index (χ3n) is 15.7. The molecule has 10 rings (SSSR count). The summed E-state index contributed by atoms with van der Waals surface area (Å²) in [6.07, 6.45) is 2.30. The van der Waals surface area contributed by atoms with Crippen molar-refractivity contribution in [2.75, 3.05) is 58.0 Å². The summed E-state index contributed by atoms with van der Waals surface area (Å²) < 4.78 is 52.7. The number of benzene rings is 4. The van der Waals surface area contributed by atoms with Gasteiger partial charge in [0.15, 0.2) is 0 Å². The Kier molecular flexibility index (Phi) is 21.1. The SMILES string of the molecule is CCN(CC)CC.COC(=O)Cl.COC(=O)Nc1ccc2c(c1)CC[C@@]21OC(=O)N(CC(=O)N2[C@@H](C)CC[C@H]2c2ccc(F)cc2)C1=O.C[C@H]1CC[C@@H](c2ccc(F)cc2)N1C(=O)CN1C(=O)O[C@@]2(CCc3cc(N)ccc32)C1=O.[2H]CC. The average molecular weight is 1160 g/mol. The van der Waals surface area contributed by atoms with Crippen LogP contribution in [-0.2, 0) is 62.2 Å². The van der Waals surface area contributed by atoms with Gasteiger partial charge < -0.3 is 39.4 Å². The molecule has 7 amide bonds. The normalized spacial score (nSPS) is 22.8. The fourth-order valence-corrected chi connectivity index (χ4v) is 11.5. The predicted octanol–water partition coefficient (Wildman–Crippen LogP) is 10.5. The summed E-state index contributed by atoms with van der Waals surface area (Å²) in [5.41, 5.74) is 7.76. The molecule has 6 atom stereocenters. The second-order valence-electron chi connectivity index (χ2n) is 20.2. The zero-order valence-electron chi connectivity index (χ0n) is 48.6. The number of amides is 7. The van der Waals surface area contributed by atoms with Crippen molar-refractivity contribution in [3.8, 4) is 0 Å². The standard InChI is InChI=1S/C26H26FN3O6.C24H24FN3O4.C6H15N.C2H3ClO2.C2H6/c1-15-3-10-21(16-4-6-18(27)7-5-16)30(15)22(31)14-29-23(32)26(36-25(29)34)12-11-17-13-19(8-9-20(17)26)28-24(33)35-2;1-14-2-9-20(15-3-5-17(25)6-4-15)28(14)21(29)13-27-22(30)24(32-23(27)31)11-10-16-12-18(26)7-8-19(16)24;1-4-7(5-2)6-3;1-5-2(3)4;1-2/h4-9,13,15,21H,3,10-12,14H2,1-2H3,(H,28,33);3-8,12,14,20H,2,9-11,13,26H2,1H3;4-6H2,1-3H3;1H3;1-2H3/t15-,21-,26+;14-,20-,24+;;;/m00.../s1/i;;;;1D. The van der Waals surface area contributed by atoms with Gasteiger partial charge in [0.1, 0.15) is 24.7 Å². The number of nitrogens with zero attached hydrogens (tertiary/aromatic N) is 5. The van der Waals surface area contributed by atoms with E-state index in [1.54, 1.807) is 77.4 Å². The van der Waals surface area contributed by atoms with Crippen LogP contribution in [0.2, 0.25) is 0 Å². The lowest BCUT2D eigenvalue weighted by Crippen LogP contribution is -2.46. The van der Waals surface area contributed by atoms with Crippen LogP contribution in [0.3, 0.4) is 0 Å². The van der Waals surface area contributed by atoms with E-state index in [-0.39, 0.29) is 60.6 Å². The number of halogens is 3. The fourth-order valence-electron chi connectivity index (χ4n) is 11.5. The number of imide groups is 2. The van der Waals surface area contributed by atoms with Crippen molar-refractivity contribution in [1.29, 1.82) is 0 Å². The third-order valence-corrected chi connectivity index (χ3v) is 15.8. The van der Waals surface area contributed by atoms with Crippen LogP contribution in [0.25, 0.3) is 0 Å². The maximum absolute atomic E-state index is 13.5. The molecule has 0 saturated carbocycles. The first-order valence-electron chi connectivity index (χ1n) is 28.1. The number of methoxy groups -OCH3 is 2. The molecule has 19 nitrogen and oxygen atoms in total. The summed E-state index contributed by atoms with van der Waals surface area (Å²) in [6.45, 7) is 15.5. The zero-order valence-corrected chi connectivity index (χ0v) is 48.4. The van der Waals surface area contributed by atoms with Gasteiger partial charge in [-0.05, 0) is 143 Å². The molecule has 2 aliphatic carbocycles. The molecule has 4 saturated heterocycles. The molecule has 22 heteroatoms. The van der Waals surface area contributed by atoms with Crippen molar-refractivity contribution in [1.82, 2.24) is 24.5 Å². The number of anilines is 2. The van der Waals surface area contributed by atoms with Gasteiger partial charge in [-0.3, -0.25) is 24.5 Å². The molecule has 0 unspecified atom stereocenters. The minimum absolute atomic E-state index is 0.0598. The van der Waals surface area contributed by atoms with Gasteiger partial charge >= 0.3 is 23.7 Å². The van der Waals surface area contributed by atoms with Gasteiger partial charge in [0.05, 0.1) is 26.3 Å². The molecule has 6 aliphatic rings. The van der Waals surface area contributed by atoms with Crippen LogP contribution in [-0.4, -0.2) is 131 Å². The maximum Gasteiger partial charge on any atom is 0.418 e. The minimum atomic E-state index is -1.48. The monoisotopic (exact) mass is 1160 g/mol. The molecule has 82 heavy (non-hydrogen) atoms. The molecule has 4 heterocycles. The highest BCUT2D eigenvalue weighted by atomic mass is 35.5. The first-order chi connectivity index (χ1) is 39.6. The lowest BCUT2D eigenvalue weighted by Gasteiger charge is -2.30. The van der Waals surface area contributed by atoms with Crippen LogP contribution >= 0.6 is 11.6 Å². The smallest absolute Gasteiger partial charge is 0.418 e. The Morgan fingerprint density at radius 2 is 1.09 bits per heavy atom. The lowest BCUT2D eigenvalue weighted by molar-refractivity contribution is -0.143.